The Morgan fingerprint density at radius 2 is 1.59 bits per heavy atom. The van der Waals surface area contributed by atoms with E-state index in [0.29, 0.717) is 0 Å². The quantitative estimate of drug-likeness (QED) is 0.843. The van der Waals surface area contributed by atoms with Crippen molar-refractivity contribution in [3.63, 3.8) is 0 Å². The number of piperazine rings is 1. The van der Waals surface area contributed by atoms with Crippen molar-refractivity contribution in [2.75, 3.05) is 69.8 Å². The average molecular weight is 316 g/mol. The lowest BCUT2D eigenvalue weighted by molar-refractivity contribution is 0.313. The van der Waals surface area contributed by atoms with Crippen LogP contribution in [0.3, 0.4) is 0 Å². The summed E-state index contributed by atoms with van der Waals surface area (Å²) in [4.78, 5) is 9.87. The predicted octanol–water partition coefficient (Wildman–Crippen LogP) is 2.36. The number of rotatable bonds is 2. The number of thiophene rings is 1. The molecule has 0 unspecified atom stereocenters. The lowest BCUT2D eigenvalue weighted by Crippen LogP contribution is -2.44. The fourth-order valence-electron chi connectivity index (χ4n) is 3.46. The van der Waals surface area contributed by atoms with Gasteiger partial charge in [-0.25, -0.2) is 0 Å². The molecular formula is C17H24N4S. The largest absolute Gasteiger partial charge is 0.368 e. The summed E-state index contributed by atoms with van der Waals surface area (Å²) >= 11 is 1.86. The van der Waals surface area contributed by atoms with Crippen molar-refractivity contribution in [1.82, 2.24) is 9.80 Å². The number of likely N-dealkylation sites (N-methyl/N-ethyl adjacent to an activating group) is 2. The second kappa shape index (κ2) is 5.72. The van der Waals surface area contributed by atoms with Gasteiger partial charge in [0.2, 0.25) is 0 Å². The summed E-state index contributed by atoms with van der Waals surface area (Å²) < 4.78 is 1.42. The smallest absolute Gasteiger partial charge is 0.0705 e. The monoisotopic (exact) mass is 316 g/mol. The number of nitrogens with zero attached hydrogens (tertiary/aromatic N) is 4. The minimum absolute atomic E-state index is 1.04. The minimum Gasteiger partial charge on any atom is -0.368 e. The zero-order valence-corrected chi connectivity index (χ0v) is 14.3. The van der Waals surface area contributed by atoms with Gasteiger partial charge in [-0.15, -0.1) is 11.3 Å². The first kappa shape index (κ1) is 14.3. The second-order valence-electron chi connectivity index (χ2n) is 6.57. The highest BCUT2D eigenvalue weighted by Crippen LogP contribution is 2.36. The van der Waals surface area contributed by atoms with Crippen molar-refractivity contribution in [3.05, 3.63) is 23.6 Å². The van der Waals surface area contributed by atoms with Gasteiger partial charge in [-0.1, -0.05) is 0 Å². The van der Waals surface area contributed by atoms with E-state index in [4.69, 9.17) is 0 Å². The molecule has 3 heterocycles. The lowest BCUT2D eigenvalue weighted by Gasteiger charge is -2.35. The molecule has 4 rings (SSSR count). The third-order valence-electron chi connectivity index (χ3n) is 4.91. The van der Waals surface area contributed by atoms with Gasteiger partial charge in [-0.05, 0) is 37.7 Å². The van der Waals surface area contributed by atoms with Crippen molar-refractivity contribution >= 4 is 32.8 Å². The van der Waals surface area contributed by atoms with Crippen LogP contribution in [0.4, 0.5) is 11.4 Å². The first-order valence-corrected chi connectivity index (χ1v) is 8.97. The van der Waals surface area contributed by atoms with Gasteiger partial charge in [0.1, 0.15) is 0 Å². The number of hydrogen-bond acceptors (Lipinski definition) is 5. The Kier molecular flexibility index (Phi) is 3.72. The third-order valence-corrected chi connectivity index (χ3v) is 5.77. The van der Waals surface area contributed by atoms with Gasteiger partial charge in [-0.2, -0.15) is 0 Å². The molecule has 2 saturated heterocycles. The second-order valence-corrected chi connectivity index (χ2v) is 7.52. The number of benzene rings is 1. The van der Waals surface area contributed by atoms with Crippen LogP contribution in [0.25, 0.3) is 10.1 Å². The molecule has 5 heteroatoms. The normalized spacial score (nSPS) is 21.2. The molecule has 2 aromatic rings. The average Bonchev–Trinajstić information content (AvgIpc) is 3.15. The summed E-state index contributed by atoms with van der Waals surface area (Å²) in [5.74, 6) is 0. The predicted molar refractivity (Wildman–Crippen MR) is 96.4 cm³/mol. The first-order chi connectivity index (χ1) is 10.7. The van der Waals surface area contributed by atoms with E-state index in [2.05, 4.69) is 57.3 Å². The van der Waals surface area contributed by atoms with E-state index in [9.17, 15) is 0 Å². The van der Waals surface area contributed by atoms with Crippen LogP contribution in [0.15, 0.2) is 23.6 Å². The Hall–Kier alpha value is -1.30. The van der Waals surface area contributed by atoms with Crippen molar-refractivity contribution in [3.8, 4) is 0 Å². The van der Waals surface area contributed by atoms with Gasteiger partial charge in [0.05, 0.1) is 6.67 Å². The van der Waals surface area contributed by atoms with E-state index in [1.165, 1.54) is 21.5 Å². The molecule has 4 nitrogen and oxygen atoms in total. The summed E-state index contributed by atoms with van der Waals surface area (Å²) in [6.45, 7) is 7.90. The molecule has 0 N–H and O–H groups in total. The van der Waals surface area contributed by atoms with E-state index in [-0.39, 0.29) is 0 Å². The maximum atomic E-state index is 2.57. The van der Waals surface area contributed by atoms with E-state index >= 15 is 0 Å². The molecule has 118 valence electrons. The van der Waals surface area contributed by atoms with Crippen molar-refractivity contribution in [2.45, 2.75) is 0 Å². The summed E-state index contributed by atoms with van der Waals surface area (Å²) in [5, 5.41) is 3.65. The molecule has 0 amide bonds. The maximum Gasteiger partial charge on any atom is 0.0705 e. The van der Waals surface area contributed by atoms with Gasteiger partial charge in [-0.3, -0.25) is 4.90 Å². The van der Waals surface area contributed by atoms with E-state index in [1.54, 1.807) is 0 Å². The van der Waals surface area contributed by atoms with Gasteiger partial charge in [0.25, 0.3) is 0 Å². The van der Waals surface area contributed by atoms with Crippen LogP contribution in [-0.2, 0) is 0 Å². The Bertz CT molecular complexity index is 660. The topological polar surface area (TPSA) is 13.0 Å². The van der Waals surface area contributed by atoms with E-state index in [1.807, 2.05) is 11.3 Å². The molecule has 0 spiro atoms. The molecule has 0 atom stereocenters. The summed E-state index contributed by atoms with van der Waals surface area (Å²) in [6, 6.07) is 7.08. The van der Waals surface area contributed by atoms with Gasteiger partial charge in [0.15, 0.2) is 0 Å². The Morgan fingerprint density at radius 1 is 0.864 bits per heavy atom. The zero-order valence-electron chi connectivity index (χ0n) is 13.5. The molecule has 2 fully saturated rings. The van der Waals surface area contributed by atoms with Crippen molar-refractivity contribution in [1.29, 1.82) is 0 Å². The summed E-state index contributed by atoms with van der Waals surface area (Å²) in [6.07, 6.45) is 0. The third kappa shape index (κ3) is 2.57. The highest BCUT2D eigenvalue weighted by molar-refractivity contribution is 7.17. The lowest BCUT2D eigenvalue weighted by atomic mass is 10.1. The van der Waals surface area contributed by atoms with Crippen LogP contribution < -0.4 is 9.80 Å². The fourth-order valence-corrected chi connectivity index (χ4v) is 4.30. The van der Waals surface area contributed by atoms with Crippen molar-refractivity contribution < 1.29 is 0 Å². The zero-order chi connectivity index (χ0) is 15.1. The number of fused-ring (bicyclic) bond motifs is 1. The minimum atomic E-state index is 1.04. The summed E-state index contributed by atoms with van der Waals surface area (Å²) in [5.41, 5.74) is 2.81. The van der Waals surface area contributed by atoms with Crippen LogP contribution in [0.5, 0.6) is 0 Å². The van der Waals surface area contributed by atoms with Crippen LogP contribution in [0, 0.1) is 0 Å². The highest BCUT2D eigenvalue weighted by atomic mass is 32.1. The molecule has 0 bridgehead atoms. The van der Waals surface area contributed by atoms with Crippen LogP contribution in [0.2, 0.25) is 0 Å². The molecule has 22 heavy (non-hydrogen) atoms. The summed E-state index contributed by atoms with van der Waals surface area (Å²) in [7, 11) is 4.42. The first-order valence-electron chi connectivity index (χ1n) is 8.09. The molecule has 1 aromatic carbocycles. The molecule has 0 radical (unpaired) electrons. The van der Waals surface area contributed by atoms with Crippen LogP contribution in [-0.4, -0.2) is 69.8 Å². The molecule has 2 aliphatic heterocycles. The van der Waals surface area contributed by atoms with E-state index in [0.717, 1.165) is 45.9 Å². The van der Waals surface area contributed by atoms with E-state index < -0.39 is 0 Å². The van der Waals surface area contributed by atoms with Crippen LogP contribution >= 0.6 is 11.3 Å². The van der Waals surface area contributed by atoms with Gasteiger partial charge < -0.3 is 14.7 Å². The van der Waals surface area contributed by atoms with Crippen LogP contribution in [0.1, 0.15) is 0 Å². The fraction of sp³-hybridized carbons (Fsp3) is 0.529. The molecule has 1 aromatic heterocycles. The standard InChI is InChI=1S/C17H24N4S/c1-18-4-7-20(8-5-18)16-11-14(21-9-6-19(2)13-21)12-17-15(16)3-10-22-17/h3,10-12H,4-9,13H2,1-2H3. The molecular weight excluding hydrogens is 292 g/mol. The Balaban J connectivity index is 1.71. The molecule has 2 aliphatic rings. The van der Waals surface area contributed by atoms with Crippen molar-refractivity contribution in [2.24, 2.45) is 0 Å². The van der Waals surface area contributed by atoms with Gasteiger partial charge >= 0.3 is 0 Å². The van der Waals surface area contributed by atoms with Gasteiger partial charge in [0, 0.05) is 60.7 Å². The Morgan fingerprint density at radius 3 is 2.32 bits per heavy atom. The molecule has 0 aliphatic carbocycles. The number of hydrogen-bond donors (Lipinski definition) is 0. The maximum absolute atomic E-state index is 2.57. The number of anilines is 2. The Labute approximate surface area is 136 Å². The highest BCUT2D eigenvalue weighted by Gasteiger charge is 2.21. The SMILES string of the molecule is CN1CCN(c2cc(N3CCN(C)C3)cc3sccc23)CC1. The molecule has 0 saturated carbocycles.